The summed E-state index contributed by atoms with van der Waals surface area (Å²) < 4.78 is 6.40. The Morgan fingerprint density at radius 2 is 2.56 bits per heavy atom. The van der Waals surface area contributed by atoms with Crippen molar-refractivity contribution < 1.29 is 9.53 Å². The summed E-state index contributed by atoms with van der Waals surface area (Å²) in [5.41, 5.74) is 6.42. The topological polar surface area (TPSA) is 70.1 Å². The van der Waals surface area contributed by atoms with Crippen molar-refractivity contribution in [1.29, 1.82) is 0 Å². The molecule has 0 bridgehead atoms. The van der Waals surface area contributed by atoms with Crippen molar-refractivity contribution in [3.63, 3.8) is 0 Å². The number of terminal acetylenes is 1. The number of aromatic nitrogens is 2. The van der Waals surface area contributed by atoms with Gasteiger partial charge in [0.1, 0.15) is 6.04 Å². The summed E-state index contributed by atoms with van der Waals surface area (Å²) in [7, 11) is 0. The van der Waals surface area contributed by atoms with Gasteiger partial charge in [-0.3, -0.25) is 4.79 Å². The highest BCUT2D eigenvalue weighted by molar-refractivity contribution is 6.15. The number of hydrogen-bond acceptors (Lipinski definition) is 4. The van der Waals surface area contributed by atoms with Gasteiger partial charge in [-0.2, -0.15) is 0 Å². The van der Waals surface area contributed by atoms with E-state index in [-0.39, 0.29) is 12.6 Å². The lowest BCUT2D eigenvalue weighted by Gasteiger charge is -2.10. The summed E-state index contributed by atoms with van der Waals surface area (Å²) in [6.45, 7) is -0.0682. The number of halogens is 1. The van der Waals surface area contributed by atoms with E-state index in [9.17, 15) is 4.79 Å². The Kier molecular flexibility index (Phi) is 4.83. The fourth-order valence-electron chi connectivity index (χ4n) is 1.15. The molecule has 0 aliphatic rings. The molecule has 16 heavy (non-hydrogen) atoms. The van der Waals surface area contributed by atoms with Crippen molar-refractivity contribution in [2.45, 2.75) is 18.5 Å². The minimum Gasteiger partial charge on any atom is -0.451 e. The Labute approximate surface area is 98.5 Å². The van der Waals surface area contributed by atoms with Gasteiger partial charge in [0, 0.05) is 18.3 Å². The summed E-state index contributed by atoms with van der Waals surface area (Å²) in [6, 6.07) is -0.492. The van der Waals surface area contributed by atoms with Gasteiger partial charge in [-0.25, -0.2) is 4.98 Å². The molecule has 0 saturated heterocycles. The third-order valence-electron chi connectivity index (χ3n) is 1.96. The second kappa shape index (κ2) is 6.16. The van der Waals surface area contributed by atoms with Crippen molar-refractivity contribution in [2.75, 3.05) is 6.61 Å². The maximum atomic E-state index is 11.3. The summed E-state index contributed by atoms with van der Waals surface area (Å²) in [5.74, 6) is 1.67. The van der Waals surface area contributed by atoms with Gasteiger partial charge >= 0.3 is 5.97 Å². The molecule has 1 aromatic rings. The minimum absolute atomic E-state index is 0.0682. The SMILES string of the molecule is C#CCOC(=O)C(N)Cc1cncn1CCl. The van der Waals surface area contributed by atoms with E-state index < -0.39 is 12.0 Å². The number of nitrogens with two attached hydrogens (primary N) is 1. The molecule has 1 aromatic heterocycles. The molecule has 0 radical (unpaired) electrons. The van der Waals surface area contributed by atoms with E-state index in [1.807, 2.05) is 0 Å². The van der Waals surface area contributed by atoms with E-state index in [0.29, 0.717) is 6.42 Å². The summed E-state index contributed by atoms with van der Waals surface area (Å²) in [6.07, 6.45) is 8.45. The van der Waals surface area contributed by atoms with Crippen molar-refractivity contribution in [3.8, 4) is 12.3 Å². The van der Waals surface area contributed by atoms with Crippen LogP contribution in [0, 0.1) is 12.3 Å². The number of alkyl halides is 1. The lowest BCUT2D eigenvalue weighted by Crippen LogP contribution is -2.35. The molecule has 1 atom stereocenters. The molecule has 1 heterocycles. The number of esters is 1. The number of imidazole rings is 1. The van der Waals surface area contributed by atoms with Crippen LogP contribution in [0.4, 0.5) is 0 Å². The molecule has 5 nitrogen and oxygen atoms in total. The normalized spacial score (nSPS) is 11.8. The Bertz CT molecular complexity index is 397. The fourth-order valence-corrected chi connectivity index (χ4v) is 1.37. The van der Waals surface area contributed by atoms with Crippen LogP contribution in [0.3, 0.4) is 0 Å². The first-order chi connectivity index (χ1) is 7.69. The second-order valence-electron chi connectivity index (χ2n) is 3.10. The highest BCUT2D eigenvalue weighted by Gasteiger charge is 2.17. The highest BCUT2D eigenvalue weighted by atomic mass is 35.5. The van der Waals surface area contributed by atoms with Gasteiger partial charge in [0.05, 0.1) is 12.3 Å². The second-order valence-corrected chi connectivity index (χ2v) is 3.34. The fraction of sp³-hybridized carbons (Fsp3) is 0.400. The number of carbonyl (C=O) groups is 1. The van der Waals surface area contributed by atoms with Crippen molar-refractivity contribution in [3.05, 3.63) is 18.2 Å². The number of rotatable bonds is 5. The summed E-state index contributed by atoms with van der Waals surface area (Å²) >= 11 is 5.66. The van der Waals surface area contributed by atoms with Crippen LogP contribution in [0.1, 0.15) is 5.69 Å². The predicted octanol–water partition coefficient (Wildman–Crippen LogP) is 0.126. The van der Waals surface area contributed by atoms with Crippen LogP contribution in [-0.4, -0.2) is 28.2 Å². The largest absolute Gasteiger partial charge is 0.451 e. The van der Waals surface area contributed by atoms with Crippen LogP contribution in [0.2, 0.25) is 0 Å². The Balaban J connectivity index is 2.54. The average molecular weight is 242 g/mol. The highest BCUT2D eigenvalue weighted by Crippen LogP contribution is 2.04. The van der Waals surface area contributed by atoms with E-state index in [2.05, 4.69) is 10.9 Å². The first kappa shape index (κ1) is 12.6. The van der Waals surface area contributed by atoms with Crippen molar-refractivity contribution in [2.24, 2.45) is 5.73 Å². The number of nitrogens with zero attached hydrogens (tertiary/aromatic N) is 2. The average Bonchev–Trinajstić information content (AvgIpc) is 2.72. The van der Waals surface area contributed by atoms with Gasteiger partial charge < -0.3 is 15.0 Å². The summed E-state index contributed by atoms with van der Waals surface area (Å²) in [5, 5.41) is 0. The van der Waals surface area contributed by atoms with E-state index in [4.69, 9.17) is 28.5 Å². The van der Waals surface area contributed by atoms with Crippen LogP contribution >= 0.6 is 11.6 Å². The molecule has 0 aliphatic heterocycles. The van der Waals surface area contributed by atoms with Gasteiger partial charge in [-0.05, 0) is 0 Å². The molecule has 0 spiro atoms. The van der Waals surface area contributed by atoms with Gasteiger partial charge in [0.2, 0.25) is 0 Å². The molecule has 1 unspecified atom stereocenters. The lowest BCUT2D eigenvalue weighted by molar-refractivity contribution is -0.143. The zero-order valence-corrected chi connectivity index (χ0v) is 9.35. The van der Waals surface area contributed by atoms with Gasteiger partial charge in [-0.15, -0.1) is 18.0 Å². The predicted molar refractivity (Wildman–Crippen MR) is 59.6 cm³/mol. The van der Waals surface area contributed by atoms with Crippen LogP contribution < -0.4 is 5.73 Å². The van der Waals surface area contributed by atoms with Crippen LogP contribution in [0.5, 0.6) is 0 Å². The van der Waals surface area contributed by atoms with Crippen molar-refractivity contribution in [1.82, 2.24) is 9.55 Å². The Morgan fingerprint density at radius 1 is 1.81 bits per heavy atom. The Morgan fingerprint density at radius 3 is 3.19 bits per heavy atom. The molecule has 86 valence electrons. The van der Waals surface area contributed by atoms with E-state index in [1.54, 1.807) is 17.1 Å². The number of ether oxygens (including phenoxy) is 1. The third-order valence-corrected chi connectivity index (χ3v) is 2.21. The lowest BCUT2D eigenvalue weighted by atomic mass is 10.2. The van der Waals surface area contributed by atoms with E-state index in [1.165, 1.54) is 0 Å². The van der Waals surface area contributed by atoms with Gasteiger partial charge in [-0.1, -0.05) is 5.92 Å². The zero-order valence-electron chi connectivity index (χ0n) is 8.60. The first-order valence-corrected chi connectivity index (χ1v) is 5.13. The molecular formula is C10H12ClN3O2. The molecule has 0 amide bonds. The molecule has 0 aliphatic carbocycles. The summed E-state index contributed by atoms with van der Waals surface area (Å²) in [4.78, 5) is 15.2. The maximum Gasteiger partial charge on any atom is 0.324 e. The van der Waals surface area contributed by atoms with Crippen LogP contribution in [0.25, 0.3) is 0 Å². The van der Waals surface area contributed by atoms with Gasteiger partial charge in [0.25, 0.3) is 0 Å². The van der Waals surface area contributed by atoms with E-state index >= 15 is 0 Å². The standard InChI is InChI=1S/C10H12ClN3O2/c1-2-3-16-10(15)9(12)4-8-5-13-7-14(8)6-11/h1,5,7,9H,3-4,6,12H2. The number of carbonyl (C=O) groups excluding carboxylic acids is 1. The molecule has 0 aromatic carbocycles. The Hall–Kier alpha value is -1.51. The minimum atomic E-state index is -0.757. The molecule has 6 heteroatoms. The maximum absolute atomic E-state index is 11.3. The quantitative estimate of drug-likeness (QED) is 0.452. The molecule has 2 N–H and O–H groups in total. The van der Waals surface area contributed by atoms with E-state index in [0.717, 1.165) is 5.69 Å². The third kappa shape index (κ3) is 3.26. The molecule has 0 saturated carbocycles. The molecule has 0 fully saturated rings. The molecule has 1 rings (SSSR count). The number of hydrogen-bond donors (Lipinski definition) is 1. The molecular weight excluding hydrogens is 230 g/mol. The smallest absolute Gasteiger partial charge is 0.324 e. The van der Waals surface area contributed by atoms with Crippen LogP contribution in [0.15, 0.2) is 12.5 Å². The van der Waals surface area contributed by atoms with Crippen molar-refractivity contribution >= 4 is 17.6 Å². The zero-order chi connectivity index (χ0) is 12.0. The monoisotopic (exact) mass is 241 g/mol. The van der Waals surface area contributed by atoms with Gasteiger partial charge in [0.15, 0.2) is 6.61 Å². The van der Waals surface area contributed by atoms with Crippen LogP contribution in [-0.2, 0) is 22.0 Å². The first-order valence-electron chi connectivity index (χ1n) is 4.59.